The van der Waals surface area contributed by atoms with Crippen molar-refractivity contribution in [3.05, 3.63) is 30.3 Å². The first kappa shape index (κ1) is 12.7. The number of sulfone groups is 1. The lowest BCUT2D eigenvalue weighted by atomic mass is 10.4. The Morgan fingerprint density at radius 2 is 1.94 bits per heavy atom. The summed E-state index contributed by atoms with van der Waals surface area (Å²) in [7, 11) is -2.05. The van der Waals surface area contributed by atoms with E-state index in [0.717, 1.165) is 0 Å². The Kier molecular flexibility index (Phi) is 4.99. The summed E-state index contributed by atoms with van der Waals surface area (Å²) in [5.41, 5.74) is 0. The molecule has 0 radical (unpaired) electrons. The quantitative estimate of drug-likeness (QED) is 0.341. The van der Waals surface area contributed by atoms with Gasteiger partial charge in [0.15, 0.2) is 0 Å². The lowest BCUT2D eigenvalue weighted by Gasteiger charge is -1.96. The van der Waals surface area contributed by atoms with Gasteiger partial charge in [-0.05, 0) is 12.1 Å². The van der Waals surface area contributed by atoms with Crippen molar-refractivity contribution in [2.45, 2.75) is 4.90 Å². The molecular weight excluding hydrogens is 228 g/mol. The highest BCUT2D eigenvalue weighted by Gasteiger charge is 2.08. The molecule has 4 nitrogen and oxygen atoms in total. The van der Waals surface area contributed by atoms with Crippen molar-refractivity contribution in [1.29, 1.82) is 0 Å². The molecule has 86 valence electrons. The van der Waals surface area contributed by atoms with Crippen LogP contribution in [0.4, 0.5) is 0 Å². The molecule has 0 fully saturated rings. The minimum atomic E-state index is -3.53. The fourth-order valence-electron chi connectivity index (χ4n) is 0.959. The lowest BCUT2D eigenvalue weighted by molar-refractivity contribution is -0.0166. The number of hydrogen-bond donors (Lipinski definition) is 0. The Morgan fingerprint density at radius 3 is 2.56 bits per heavy atom. The molecule has 5 heteroatoms. The molecule has 0 saturated carbocycles. The molecule has 0 spiro atoms. The van der Waals surface area contributed by atoms with Crippen LogP contribution in [0, 0.1) is 11.2 Å². The van der Waals surface area contributed by atoms with E-state index in [1.54, 1.807) is 18.2 Å². The van der Waals surface area contributed by atoms with Crippen LogP contribution < -0.4 is 0 Å². The Hall–Kier alpha value is -1.35. The lowest BCUT2D eigenvalue weighted by Crippen LogP contribution is -1.99. The first-order valence-electron chi connectivity index (χ1n) is 4.53. The van der Waals surface area contributed by atoms with Gasteiger partial charge in [-0.25, -0.2) is 8.42 Å². The third kappa shape index (κ3) is 4.03. The Labute approximate surface area is 95.1 Å². The first-order valence-corrected chi connectivity index (χ1v) is 6.01. The molecule has 16 heavy (non-hydrogen) atoms. The van der Waals surface area contributed by atoms with E-state index in [1.807, 2.05) is 0 Å². The van der Waals surface area contributed by atoms with Gasteiger partial charge in [0.25, 0.3) is 0 Å². The minimum absolute atomic E-state index is 0.0277. The fourth-order valence-corrected chi connectivity index (χ4v) is 1.84. The molecule has 1 rings (SSSR count). The van der Waals surface area contributed by atoms with Crippen LogP contribution in [0.3, 0.4) is 0 Å². The third-order valence-electron chi connectivity index (χ3n) is 1.64. The van der Waals surface area contributed by atoms with Crippen LogP contribution in [0.1, 0.15) is 0 Å². The fraction of sp³-hybridized carbons (Fsp3) is 0.273. The topological polar surface area (TPSA) is 52.6 Å². The summed E-state index contributed by atoms with van der Waals surface area (Å²) in [6, 6.07) is 8.04. The molecule has 1 aromatic rings. The van der Waals surface area contributed by atoms with Gasteiger partial charge in [-0.3, -0.25) is 0 Å². The number of methoxy groups -OCH3 is 1. The first-order chi connectivity index (χ1) is 7.67. The summed E-state index contributed by atoms with van der Waals surface area (Å²) < 4.78 is 32.7. The van der Waals surface area contributed by atoms with Crippen molar-refractivity contribution in [2.24, 2.45) is 0 Å². The van der Waals surface area contributed by atoms with Gasteiger partial charge in [0.05, 0.1) is 4.90 Å². The second-order valence-corrected chi connectivity index (χ2v) is 4.53. The zero-order chi connectivity index (χ0) is 11.9. The predicted octanol–water partition coefficient (Wildman–Crippen LogP) is 1.04. The molecular formula is C11H12O4S. The molecule has 0 amide bonds. The molecule has 0 saturated heterocycles. The minimum Gasteiger partial charge on any atom is -0.359 e. The highest BCUT2D eigenvalue weighted by molar-refractivity contribution is 7.96. The van der Waals surface area contributed by atoms with E-state index in [2.05, 4.69) is 15.9 Å². The SMILES string of the molecule is COCOCC#CS(=O)(=O)c1ccccc1. The average Bonchev–Trinajstić information content (AvgIpc) is 2.30. The maximum absolute atomic E-state index is 11.6. The van der Waals surface area contributed by atoms with Gasteiger partial charge in [-0.2, -0.15) is 0 Å². The van der Waals surface area contributed by atoms with Gasteiger partial charge in [-0.15, -0.1) is 0 Å². The van der Waals surface area contributed by atoms with Crippen molar-refractivity contribution in [3.8, 4) is 11.2 Å². The van der Waals surface area contributed by atoms with Gasteiger partial charge in [0.1, 0.15) is 13.4 Å². The molecule has 0 atom stereocenters. The van der Waals surface area contributed by atoms with Gasteiger partial charge >= 0.3 is 0 Å². The number of rotatable bonds is 4. The summed E-state index contributed by atoms with van der Waals surface area (Å²) in [5, 5.41) is 2.18. The summed E-state index contributed by atoms with van der Waals surface area (Å²) >= 11 is 0. The van der Waals surface area contributed by atoms with E-state index in [4.69, 9.17) is 4.74 Å². The molecule has 0 bridgehead atoms. The van der Waals surface area contributed by atoms with Crippen LogP contribution >= 0.6 is 0 Å². The van der Waals surface area contributed by atoms with E-state index in [0.29, 0.717) is 0 Å². The van der Waals surface area contributed by atoms with Crippen molar-refractivity contribution in [3.63, 3.8) is 0 Å². The van der Waals surface area contributed by atoms with Crippen LogP contribution in [0.5, 0.6) is 0 Å². The number of benzene rings is 1. The van der Waals surface area contributed by atoms with Crippen LogP contribution in [0.15, 0.2) is 35.2 Å². The molecule has 0 aliphatic heterocycles. The second-order valence-electron chi connectivity index (χ2n) is 2.85. The van der Waals surface area contributed by atoms with E-state index in [-0.39, 0.29) is 18.3 Å². The predicted molar refractivity (Wildman–Crippen MR) is 59.2 cm³/mol. The Bertz CT molecular complexity index is 468. The zero-order valence-electron chi connectivity index (χ0n) is 8.84. The van der Waals surface area contributed by atoms with Gasteiger partial charge in [0.2, 0.25) is 9.84 Å². The van der Waals surface area contributed by atoms with Crippen molar-refractivity contribution < 1.29 is 17.9 Å². The van der Waals surface area contributed by atoms with Crippen LogP contribution in [-0.2, 0) is 19.3 Å². The van der Waals surface area contributed by atoms with Gasteiger partial charge in [0, 0.05) is 12.4 Å². The molecule has 0 heterocycles. The number of ether oxygens (including phenoxy) is 2. The monoisotopic (exact) mass is 240 g/mol. The van der Waals surface area contributed by atoms with E-state index in [1.165, 1.54) is 19.2 Å². The van der Waals surface area contributed by atoms with Crippen molar-refractivity contribution in [2.75, 3.05) is 20.5 Å². The normalized spacial score (nSPS) is 10.6. The molecule has 0 aromatic heterocycles. The molecule has 1 aromatic carbocycles. The largest absolute Gasteiger partial charge is 0.359 e. The summed E-state index contributed by atoms with van der Waals surface area (Å²) in [4.78, 5) is 0.189. The third-order valence-corrected chi connectivity index (χ3v) is 2.94. The second kappa shape index (κ2) is 6.28. The van der Waals surface area contributed by atoms with Crippen molar-refractivity contribution in [1.82, 2.24) is 0 Å². The highest BCUT2D eigenvalue weighted by atomic mass is 32.2. The van der Waals surface area contributed by atoms with Crippen LogP contribution in [-0.4, -0.2) is 28.9 Å². The van der Waals surface area contributed by atoms with E-state index in [9.17, 15) is 8.42 Å². The van der Waals surface area contributed by atoms with Crippen LogP contribution in [0.2, 0.25) is 0 Å². The molecule has 0 aliphatic rings. The smallest absolute Gasteiger partial charge is 0.245 e. The zero-order valence-corrected chi connectivity index (χ0v) is 9.66. The van der Waals surface area contributed by atoms with E-state index >= 15 is 0 Å². The summed E-state index contributed by atoms with van der Waals surface area (Å²) in [6.45, 7) is 0.125. The maximum Gasteiger partial charge on any atom is 0.245 e. The molecule has 0 aliphatic carbocycles. The average molecular weight is 240 g/mol. The maximum atomic E-state index is 11.6. The molecule has 0 unspecified atom stereocenters. The summed E-state index contributed by atoms with van der Waals surface area (Å²) in [6.07, 6.45) is 0. The highest BCUT2D eigenvalue weighted by Crippen LogP contribution is 2.08. The van der Waals surface area contributed by atoms with Gasteiger partial charge in [-0.1, -0.05) is 24.1 Å². The van der Waals surface area contributed by atoms with Gasteiger partial charge < -0.3 is 9.47 Å². The van der Waals surface area contributed by atoms with Crippen LogP contribution in [0.25, 0.3) is 0 Å². The number of hydrogen-bond acceptors (Lipinski definition) is 4. The Balaban J connectivity index is 2.66. The standard InChI is InChI=1S/C11H12O4S/c1-14-10-15-8-5-9-16(12,13)11-6-3-2-4-7-11/h2-4,6-7H,8,10H2,1H3. The Morgan fingerprint density at radius 1 is 1.25 bits per heavy atom. The molecule has 0 N–H and O–H groups in total. The van der Waals surface area contributed by atoms with E-state index < -0.39 is 9.84 Å². The van der Waals surface area contributed by atoms with Crippen molar-refractivity contribution >= 4 is 9.84 Å². The summed E-state index contributed by atoms with van der Waals surface area (Å²) in [5.74, 6) is 2.42.